The first-order chi connectivity index (χ1) is 12.9. The Morgan fingerprint density at radius 1 is 1.25 bits per heavy atom. The summed E-state index contributed by atoms with van der Waals surface area (Å²) < 4.78 is 37.8. The molecule has 0 N–H and O–H groups in total. The molecule has 28 heavy (non-hydrogen) atoms. The maximum Gasteiger partial charge on any atom is 0.411 e. The van der Waals surface area contributed by atoms with Crippen molar-refractivity contribution in [3.05, 3.63) is 34.9 Å². The van der Waals surface area contributed by atoms with E-state index in [0.717, 1.165) is 11.8 Å². The van der Waals surface area contributed by atoms with Crippen LogP contribution in [0, 0.1) is 0 Å². The van der Waals surface area contributed by atoms with E-state index >= 15 is 0 Å². The third-order valence-corrected chi connectivity index (χ3v) is 4.56. The Labute approximate surface area is 165 Å². The molecule has 0 saturated heterocycles. The summed E-state index contributed by atoms with van der Waals surface area (Å²) in [6.07, 6.45) is 0.902. The van der Waals surface area contributed by atoms with Gasteiger partial charge in [0.1, 0.15) is 5.60 Å². The first-order valence-corrected chi connectivity index (χ1v) is 10.9. The van der Waals surface area contributed by atoms with E-state index in [9.17, 15) is 18.0 Å². The van der Waals surface area contributed by atoms with Crippen LogP contribution in [-0.4, -0.2) is 50.4 Å². The molecule has 1 unspecified atom stereocenters. The predicted octanol–water partition coefficient (Wildman–Crippen LogP) is 2.56. The maximum absolute atomic E-state index is 12.6. The van der Waals surface area contributed by atoms with Crippen molar-refractivity contribution in [3.63, 3.8) is 0 Å². The zero-order valence-corrected chi connectivity index (χ0v) is 17.7. The Morgan fingerprint density at radius 3 is 2.50 bits per heavy atom. The SMILES string of the molecule is CCOC(=O)C1c2ccc(COS(C)(=O)=O)cc2CCN1C(=O)OC(C)(C)C. The highest BCUT2D eigenvalue weighted by Crippen LogP contribution is 2.33. The van der Waals surface area contributed by atoms with Gasteiger partial charge < -0.3 is 9.47 Å². The van der Waals surface area contributed by atoms with Crippen LogP contribution in [0.2, 0.25) is 0 Å². The van der Waals surface area contributed by atoms with Crippen molar-refractivity contribution >= 4 is 22.2 Å². The Kier molecular flexibility index (Phi) is 6.71. The normalized spacial score (nSPS) is 17.0. The smallest absolute Gasteiger partial charge is 0.411 e. The standard InChI is InChI=1S/C19H27NO7S/c1-6-25-17(21)16-15-8-7-13(12-26-28(5,23)24)11-14(15)9-10-20(16)18(22)27-19(2,3)4/h7-8,11,16H,6,9-10,12H2,1-5H3. The van der Waals surface area contributed by atoms with Crippen molar-refractivity contribution in [2.75, 3.05) is 19.4 Å². The molecule has 0 bridgehead atoms. The van der Waals surface area contributed by atoms with Gasteiger partial charge in [-0.25, -0.2) is 9.59 Å². The number of hydrogen-bond acceptors (Lipinski definition) is 7. The molecule has 1 aromatic carbocycles. The minimum atomic E-state index is -3.56. The number of benzene rings is 1. The summed E-state index contributed by atoms with van der Waals surface area (Å²) in [5.41, 5.74) is 1.45. The summed E-state index contributed by atoms with van der Waals surface area (Å²) in [7, 11) is -3.56. The summed E-state index contributed by atoms with van der Waals surface area (Å²) in [5.74, 6) is -0.533. The molecule has 1 atom stereocenters. The largest absolute Gasteiger partial charge is 0.464 e. The van der Waals surface area contributed by atoms with E-state index in [-0.39, 0.29) is 19.8 Å². The lowest BCUT2D eigenvalue weighted by molar-refractivity contribution is -0.150. The summed E-state index contributed by atoms with van der Waals surface area (Å²) in [5, 5.41) is 0. The number of carbonyl (C=O) groups is 2. The van der Waals surface area contributed by atoms with Crippen molar-refractivity contribution in [3.8, 4) is 0 Å². The van der Waals surface area contributed by atoms with Crippen LogP contribution >= 0.6 is 0 Å². The average Bonchev–Trinajstić information content (AvgIpc) is 2.56. The molecule has 0 fully saturated rings. The predicted molar refractivity (Wildman–Crippen MR) is 102 cm³/mol. The summed E-state index contributed by atoms with van der Waals surface area (Å²) >= 11 is 0. The fourth-order valence-electron chi connectivity index (χ4n) is 2.94. The topological polar surface area (TPSA) is 99.2 Å². The molecular weight excluding hydrogens is 386 g/mol. The molecule has 156 valence electrons. The lowest BCUT2D eigenvalue weighted by atomic mass is 9.91. The number of hydrogen-bond donors (Lipinski definition) is 0. The second kappa shape index (κ2) is 8.48. The number of carbonyl (C=O) groups excluding carboxylic acids is 2. The molecule has 1 heterocycles. The minimum absolute atomic E-state index is 0.0913. The van der Waals surface area contributed by atoms with Gasteiger partial charge >= 0.3 is 12.1 Å². The molecule has 1 amide bonds. The van der Waals surface area contributed by atoms with Gasteiger partial charge in [0.2, 0.25) is 0 Å². The van der Waals surface area contributed by atoms with Gasteiger partial charge in [0.25, 0.3) is 10.1 Å². The minimum Gasteiger partial charge on any atom is -0.464 e. The number of amides is 1. The number of rotatable bonds is 5. The van der Waals surface area contributed by atoms with Gasteiger partial charge in [-0.3, -0.25) is 9.08 Å². The summed E-state index contributed by atoms with van der Waals surface area (Å²) in [6.45, 7) is 7.36. The number of nitrogens with zero attached hydrogens (tertiary/aromatic N) is 1. The Hall–Kier alpha value is -2.13. The van der Waals surface area contributed by atoms with Crippen molar-refractivity contribution in [2.45, 2.75) is 52.4 Å². The number of fused-ring (bicyclic) bond motifs is 1. The molecule has 1 aromatic rings. The second-order valence-electron chi connectivity index (χ2n) is 7.58. The van der Waals surface area contributed by atoms with E-state index < -0.39 is 33.8 Å². The van der Waals surface area contributed by atoms with Gasteiger partial charge in [-0.2, -0.15) is 8.42 Å². The van der Waals surface area contributed by atoms with Crippen molar-refractivity contribution in [1.82, 2.24) is 4.90 Å². The van der Waals surface area contributed by atoms with Gasteiger partial charge in [0.05, 0.1) is 19.5 Å². The quantitative estimate of drug-likeness (QED) is 0.540. The maximum atomic E-state index is 12.6. The van der Waals surface area contributed by atoms with Crippen LogP contribution in [0.4, 0.5) is 4.79 Å². The van der Waals surface area contributed by atoms with Crippen LogP contribution in [0.3, 0.4) is 0 Å². The van der Waals surface area contributed by atoms with Gasteiger partial charge in [0, 0.05) is 6.54 Å². The zero-order valence-electron chi connectivity index (χ0n) is 16.9. The molecule has 0 aromatic heterocycles. The lowest BCUT2D eigenvalue weighted by Gasteiger charge is -2.36. The Balaban J connectivity index is 2.34. The molecule has 1 aliphatic rings. The van der Waals surface area contributed by atoms with Crippen molar-refractivity contribution in [2.24, 2.45) is 0 Å². The first-order valence-electron chi connectivity index (χ1n) is 9.03. The third-order valence-electron chi connectivity index (χ3n) is 4.01. The molecule has 0 saturated carbocycles. The Bertz CT molecular complexity index is 842. The average molecular weight is 413 g/mol. The highest BCUT2D eigenvalue weighted by molar-refractivity contribution is 7.85. The molecule has 8 nitrogen and oxygen atoms in total. The molecule has 0 aliphatic carbocycles. The summed E-state index contributed by atoms with van der Waals surface area (Å²) in [4.78, 5) is 26.6. The van der Waals surface area contributed by atoms with E-state index in [4.69, 9.17) is 13.7 Å². The number of ether oxygens (including phenoxy) is 2. The fraction of sp³-hybridized carbons (Fsp3) is 0.579. The zero-order chi connectivity index (χ0) is 21.1. The van der Waals surface area contributed by atoms with Crippen LogP contribution in [-0.2, 0) is 41.6 Å². The van der Waals surface area contributed by atoms with Gasteiger partial charge in [-0.05, 0) is 50.8 Å². The monoisotopic (exact) mass is 413 g/mol. The van der Waals surface area contributed by atoms with Crippen LogP contribution in [0.1, 0.15) is 50.4 Å². The number of esters is 1. The van der Waals surface area contributed by atoms with Gasteiger partial charge in [-0.1, -0.05) is 18.2 Å². The highest BCUT2D eigenvalue weighted by Gasteiger charge is 2.39. The van der Waals surface area contributed by atoms with Crippen molar-refractivity contribution < 1.29 is 31.7 Å². The Morgan fingerprint density at radius 2 is 1.93 bits per heavy atom. The third kappa shape index (κ3) is 5.93. The van der Waals surface area contributed by atoms with Crippen LogP contribution in [0.5, 0.6) is 0 Å². The fourth-order valence-corrected chi connectivity index (χ4v) is 3.29. The van der Waals surface area contributed by atoms with Crippen LogP contribution in [0.25, 0.3) is 0 Å². The molecule has 2 rings (SSSR count). The lowest BCUT2D eigenvalue weighted by Crippen LogP contribution is -2.46. The van der Waals surface area contributed by atoms with E-state index in [0.29, 0.717) is 17.5 Å². The van der Waals surface area contributed by atoms with Crippen LogP contribution in [0.15, 0.2) is 18.2 Å². The van der Waals surface area contributed by atoms with Crippen molar-refractivity contribution in [1.29, 1.82) is 0 Å². The molecule has 9 heteroatoms. The molecule has 0 radical (unpaired) electrons. The van der Waals surface area contributed by atoms with Crippen LogP contribution < -0.4 is 0 Å². The highest BCUT2D eigenvalue weighted by atomic mass is 32.2. The van der Waals surface area contributed by atoms with E-state index in [1.165, 1.54) is 4.90 Å². The van der Waals surface area contributed by atoms with E-state index in [2.05, 4.69) is 0 Å². The van der Waals surface area contributed by atoms with E-state index in [1.54, 1.807) is 45.9 Å². The summed E-state index contributed by atoms with van der Waals surface area (Å²) in [6, 6.07) is 4.26. The van der Waals surface area contributed by atoms with Gasteiger partial charge in [0.15, 0.2) is 6.04 Å². The van der Waals surface area contributed by atoms with Gasteiger partial charge in [-0.15, -0.1) is 0 Å². The molecular formula is C19H27NO7S. The van der Waals surface area contributed by atoms with E-state index in [1.807, 2.05) is 0 Å². The first kappa shape index (κ1) is 22.2. The molecule has 0 spiro atoms. The molecule has 1 aliphatic heterocycles. The second-order valence-corrected chi connectivity index (χ2v) is 9.22.